The number of alkyl halides is 3. The van der Waals surface area contributed by atoms with Gasteiger partial charge in [0.25, 0.3) is 0 Å². The van der Waals surface area contributed by atoms with Gasteiger partial charge in [0.05, 0.1) is 17.9 Å². The average molecular weight is 551 g/mol. The monoisotopic (exact) mass is 550 g/mol. The molecule has 0 saturated heterocycles. The number of fused-ring (bicyclic) bond motifs is 1. The van der Waals surface area contributed by atoms with Gasteiger partial charge in [-0.2, -0.15) is 13.2 Å². The molecule has 4 rings (SSSR count). The maximum absolute atomic E-state index is 12.7. The molecule has 7 heteroatoms. The molecule has 0 aliphatic rings. The second-order valence-electron chi connectivity index (χ2n) is 10.1. The first-order valence-corrected chi connectivity index (χ1v) is 14.3. The van der Waals surface area contributed by atoms with Gasteiger partial charge in [0.15, 0.2) is 5.58 Å². The Hall–Kier alpha value is -3.61. The Morgan fingerprint density at radius 2 is 1.45 bits per heavy atom. The van der Waals surface area contributed by atoms with Crippen LogP contribution < -0.4 is 4.74 Å². The van der Waals surface area contributed by atoms with Gasteiger partial charge in [-0.3, -0.25) is 4.99 Å². The predicted molar refractivity (Wildman–Crippen MR) is 155 cm³/mol. The SMILES string of the molecule is CCCCCCCCCCCCOc1ccc2nc(-c3ccc(N=Cc4ccc(C(F)(F)F)cc4)cc3)oc2c1. The fraction of sp³-hybridized carbons (Fsp3) is 0.394. The van der Waals surface area contributed by atoms with Crippen molar-refractivity contribution >= 4 is 23.0 Å². The van der Waals surface area contributed by atoms with Crippen molar-refractivity contribution in [1.29, 1.82) is 0 Å². The Morgan fingerprint density at radius 1 is 0.800 bits per heavy atom. The predicted octanol–water partition coefficient (Wildman–Crippen LogP) is 10.6. The fourth-order valence-electron chi connectivity index (χ4n) is 4.50. The second kappa shape index (κ2) is 14.7. The third-order valence-electron chi connectivity index (χ3n) is 6.84. The Bertz CT molecular complexity index is 1340. The lowest BCUT2D eigenvalue weighted by molar-refractivity contribution is -0.137. The zero-order valence-electron chi connectivity index (χ0n) is 23.1. The number of oxazole rings is 1. The van der Waals surface area contributed by atoms with Crippen molar-refractivity contribution in [3.63, 3.8) is 0 Å². The molecule has 0 saturated carbocycles. The van der Waals surface area contributed by atoms with Crippen LogP contribution in [0.15, 0.2) is 76.1 Å². The van der Waals surface area contributed by atoms with Gasteiger partial charge in [-0.15, -0.1) is 0 Å². The molecule has 3 aromatic carbocycles. The minimum Gasteiger partial charge on any atom is -0.493 e. The molecule has 0 spiro atoms. The number of ether oxygens (including phenoxy) is 1. The van der Waals surface area contributed by atoms with Crippen LogP contribution in [0.3, 0.4) is 0 Å². The molecular formula is C33H37F3N2O2. The van der Waals surface area contributed by atoms with Crippen molar-refractivity contribution < 1.29 is 22.3 Å². The van der Waals surface area contributed by atoms with Gasteiger partial charge < -0.3 is 9.15 Å². The summed E-state index contributed by atoms with van der Waals surface area (Å²) in [5.74, 6) is 1.28. The number of hydrogen-bond donors (Lipinski definition) is 0. The molecule has 40 heavy (non-hydrogen) atoms. The molecule has 4 aromatic rings. The molecule has 0 aliphatic heterocycles. The van der Waals surface area contributed by atoms with E-state index >= 15 is 0 Å². The molecule has 212 valence electrons. The molecular weight excluding hydrogens is 513 g/mol. The lowest BCUT2D eigenvalue weighted by atomic mass is 10.1. The largest absolute Gasteiger partial charge is 0.493 e. The molecule has 0 atom stereocenters. The van der Waals surface area contributed by atoms with Crippen LogP contribution in [-0.4, -0.2) is 17.8 Å². The maximum atomic E-state index is 12.7. The van der Waals surface area contributed by atoms with Crippen LogP contribution in [0, 0.1) is 0 Å². The summed E-state index contributed by atoms with van der Waals surface area (Å²) in [5, 5.41) is 0. The van der Waals surface area contributed by atoms with Crippen molar-refractivity contribution in [2.45, 2.75) is 77.3 Å². The van der Waals surface area contributed by atoms with Crippen LogP contribution in [0.1, 0.15) is 82.3 Å². The number of benzene rings is 3. The highest BCUT2D eigenvalue weighted by molar-refractivity contribution is 5.82. The molecule has 0 amide bonds. The summed E-state index contributed by atoms with van der Waals surface area (Å²) in [6.45, 7) is 2.94. The number of halogens is 3. The van der Waals surface area contributed by atoms with Crippen molar-refractivity contribution in [1.82, 2.24) is 4.98 Å². The smallest absolute Gasteiger partial charge is 0.416 e. The van der Waals surface area contributed by atoms with Crippen LogP contribution in [0.25, 0.3) is 22.6 Å². The van der Waals surface area contributed by atoms with Gasteiger partial charge in [-0.25, -0.2) is 4.98 Å². The van der Waals surface area contributed by atoms with E-state index < -0.39 is 11.7 Å². The van der Waals surface area contributed by atoms with Crippen molar-refractivity contribution in [3.05, 3.63) is 77.9 Å². The Labute approximate surface area is 234 Å². The fourth-order valence-corrected chi connectivity index (χ4v) is 4.50. The zero-order chi connectivity index (χ0) is 28.2. The van der Waals surface area contributed by atoms with Crippen molar-refractivity contribution in [2.24, 2.45) is 4.99 Å². The summed E-state index contributed by atoms with van der Waals surface area (Å²) >= 11 is 0. The van der Waals surface area contributed by atoms with Gasteiger partial charge in [-0.05, 0) is 60.5 Å². The van der Waals surface area contributed by atoms with E-state index in [-0.39, 0.29) is 0 Å². The maximum Gasteiger partial charge on any atom is 0.416 e. The zero-order valence-corrected chi connectivity index (χ0v) is 23.1. The summed E-state index contributed by atoms with van der Waals surface area (Å²) < 4.78 is 50.1. The third-order valence-corrected chi connectivity index (χ3v) is 6.84. The first-order valence-electron chi connectivity index (χ1n) is 14.3. The molecule has 1 heterocycles. The Morgan fingerprint density at radius 3 is 2.10 bits per heavy atom. The summed E-state index contributed by atoms with van der Waals surface area (Å²) in [5.41, 5.74) is 2.80. The number of nitrogens with zero attached hydrogens (tertiary/aromatic N) is 2. The average Bonchev–Trinajstić information content (AvgIpc) is 3.38. The topological polar surface area (TPSA) is 47.6 Å². The second-order valence-corrected chi connectivity index (χ2v) is 10.1. The van der Waals surface area contributed by atoms with Crippen LogP contribution >= 0.6 is 0 Å². The van der Waals surface area contributed by atoms with Gasteiger partial charge >= 0.3 is 6.18 Å². The molecule has 0 bridgehead atoms. The van der Waals surface area contributed by atoms with E-state index in [0.29, 0.717) is 29.3 Å². The molecule has 0 fully saturated rings. The first kappa shape index (κ1) is 29.4. The highest BCUT2D eigenvalue weighted by atomic mass is 19.4. The lowest BCUT2D eigenvalue weighted by Gasteiger charge is -2.06. The molecule has 0 radical (unpaired) electrons. The van der Waals surface area contributed by atoms with E-state index in [1.165, 1.54) is 76.1 Å². The molecule has 0 unspecified atom stereocenters. The minimum absolute atomic E-state index is 0.500. The molecule has 4 nitrogen and oxygen atoms in total. The molecule has 1 aromatic heterocycles. The summed E-state index contributed by atoms with van der Waals surface area (Å²) in [6, 6.07) is 17.9. The van der Waals surface area contributed by atoms with Crippen molar-refractivity contribution in [2.75, 3.05) is 6.61 Å². The summed E-state index contributed by atoms with van der Waals surface area (Å²) in [6.07, 6.45) is 10.1. The Kier molecular flexibility index (Phi) is 10.8. The first-order chi connectivity index (χ1) is 19.4. The normalized spacial score (nSPS) is 12.0. The van der Waals surface area contributed by atoms with Gasteiger partial charge in [0, 0.05) is 17.8 Å². The van der Waals surface area contributed by atoms with E-state index in [0.717, 1.165) is 35.4 Å². The number of aromatic nitrogens is 1. The van der Waals surface area contributed by atoms with Gasteiger partial charge in [-0.1, -0.05) is 76.8 Å². The number of aliphatic imine (C=N–C) groups is 1. The summed E-state index contributed by atoms with van der Waals surface area (Å²) in [4.78, 5) is 8.94. The number of hydrogen-bond acceptors (Lipinski definition) is 4. The van der Waals surface area contributed by atoms with E-state index in [4.69, 9.17) is 9.15 Å². The molecule has 0 aliphatic carbocycles. The third kappa shape index (κ3) is 8.97. The standard InChI is InChI=1S/C33H37F3N2O2/c1-2-3-4-5-6-7-8-9-10-11-22-39-29-20-21-30-31(23-29)40-32(38-30)26-14-18-28(19-15-26)37-24-25-12-16-27(17-13-25)33(34,35)36/h12-21,23-24H,2-11,22H2,1H3. The van der Waals surface area contributed by atoms with Crippen LogP contribution in [-0.2, 0) is 6.18 Å². The van der Waals surface area contributed by atoms with Gasteiger partial charge in [0.1, 0.15) is 11.3 Å². The van der Waals surface area contributed by atoms with E-state index in [1.807, 2.05) is 42.5 Å². The highest BCUT2D eigenvalue weighted by Gasteiger charge is 2.29. The minimum atomic E-state index is -4.35. The van der Waals surface area contributed by atoms with Crippen LogP contribution in [0.5, 0.6) is 5.75 Å². The van der Waals surface area contributed by atoms with E-state index in [1.54, 1.807) is 0 Å². The van der Waals surface area contributed by atoms with E-state index in [9.17, 15) is 13.2 Å². The quantitative estimate of drug-likeness (QED) is 0.109. The highest BCUT2D eigenvalue weighted by Crippen LogP contribution is 2.30. The van der Waals surface area contributed by atoms with Crippen LogP contribution in [0.4, 0.5) is 18.9 Å². The number of rotatable bonds is 15. The van der Waals surface area contributed by atoms with Crippen molar-refractivity contribution in [3.8, 4) is 17.2 Å². The van der Waals surface area contributed by atoms with Gasteiger partial charge in [0.2, 0.25) is 5.89 Å². The lowest BCUT2D eigenvalue weighted by Crippen LogP contribution is -2.04. The van der Waals surface area contributed by atoms with E-state index in [2.05, 4.69) is 16.9 Å². The van der Waals surface area contributed by atoms with Crippen LogP contribution in [0.2, 0.25) is 0 Å². The molecule has 0 N–H and O–H groups in total. The summed E-state index contributed by atoms with van der Waals surface area (Å²) in [7, 11) is 0. The number of unbranched alkanes of at least 4 members (excludes halogenated alkanes) is 9. The Balaban J connectivity index is 1.24.